The van der Waals surface area contributed by atoms with Crippen molar-refractivity contribution in [3.63, 3.8) is 0 Å². The van der Waals surface area contributed by atoms with Crippen LogP contribution in [0.25, 0.3) is 0 Å². The standard InChI is InChI=1S/C14H19N3O3/c1-2-4-12(15)13(18)16-10-5-3-6-11(9-10)17-7-8-20-14(17)19/h3,5-6,9,12H,2,4,7-8,15H2,1H3,(H,16,18)/t12-/m1/s1. The normalized spacial score (nSPS) is 15.9. The number of nitrogens with two attached hydrogens (primary N) is 1. The molecule has 6 heteroatoms. The van der Waals surface area contributed by atoms with E-state index in [0.717, 1.165) is 6.42 Å². The van der Waals surface area contributed by atoms with Gasteiger partial charge in [0.25, 0.3) is 0 Å². The number of benzene rings is 1. The number of cyclic esters (lactones) is 1. The Morgan fingerprint density at radius 1 is 1.55 bits per heavy atom. The molecule has 0 bridgehead atoms. The molecular weight excluding hydrogens is 258 g/mol. The predicted molar refractivity (Wildman–Crippen MR) is 76.6 cm³/mol. The summed E-state index contributed by atoms with van der Waals surface area (Å²) in [5.41, 5.74) is 7.09. The summed E-state index contributed by atoms with van der Waals surface area (Å²) in [5, 5.41) is 2.76. The Hall–Kier alpha value is -2.08. The molecule has 2 amide bonds. The van der Waals surface area contributed by atoms with Gasteiger partial charge in [-0.15, -0.1) is 0 Å². The van der Waals surface area contributed by atoms with Crippen LogP contribution in [-0.2, 0) is 9.53 Å². The Morgan fingerprint density at radius 3 is 3.00 bits per heavy atom. The summed E-state index contributed by atoms with van der Waals surface area (Å²) in [6, 6.07) is 6.57. The maximum atomic E-state index is 11.9. The van der Waals surface area contributed by atoms with E-state index < -0.39 is 6.04 Å². The number of nitrogens with one attached hydrogen (secondary N) is 1. The Kier molecular flexibility index (Phi) is 4.57. The number of rotatable bonds is 5. The maximum absolute atomic E-state index is 11.9. The van der Waals surface area contributed by atoms with Crippen LogP contribution >= 0.6 is 0 Å². The Bertz CT molecular complexity index is 504. The second-order valence-electron chi connectivity index (χ2n) is 4.70. The highest BCUT2D eigenvalue weighted by atomic mass is 16.6. The quantitative estimate of drug-likeness (QED) is 0.858. The van der Waals surface area contributed by atoms with Gasteiger partial charge in [-0.2, -0.15) is 0 Å². The van der Waals surface area contributed by atoms with E-state index in [0.29, 0.717) is 30.9 Å². The largest absolute Gasteiger partial charge is 0.447 e. The van der Waals surface area contributed by atoms with Crippen molar-refractivity contribution in [2.45, 2.75) is 25.8 Å². The molecular formula is C14H19N3O3. The first kappa shape index (κ1) is 14.3. The van der Waals surface area contributed by atoms with Crippen molar-refractivity contribution in [3.05, 3.63) is 24.3 Å². The van der Waals surface area contributed by atoms with Crippen molar-refractivity contribution < 1.29 is 14.3 Å². The SMILES string of the molecule is CCC[C@@H](N)C(=O)Nc1cccc(N2CCOC2=O)c1. The summed E-state index contributed by atoms with van der Waals surface area (Å²) >= 11 is 0. The fourth-order valence-corrected chi connectivity index (χ4v) is 2.06. The first-order valence-electron chi connectivity index (χ1n) is 6.72. The molecule has 1 atom stereocenters. The van der Waals surface area contributed by atoms with Gasteiger partial charge in [0.1, 0.15) is 6.61 Å². The molecule has 0 saturated carbocycles. The summed E-state index contributed by atoms with van der Waals surface area (Å²) < 4.78 is 4.89. The number of hydrogen-bond acceptors (Lipinski definition) is 4. The van der Waals surface area contributed by atoms with Gasteiger partial charge in [0.2, 0.25) is 5.91 Å². The second-order valence-corrected chi connectivity index (χ2v) is 4.70. The average molecular weight is 277 g/mol. The molecule has 1 aliphatic rings. The fraction of sp³-hybridized carbons (Fsp3) is 0.429. The molecule has 6 nitrogen and oxygen atoms in total. The highest BCUT2D eigenvalue weighted by molar-refractivity contribution is 5.96. The van der Waals surface area contributed by atoms with Crippen molar-refractivity contribution >= 4 is 23.4 Å². The van der Waals surface area contributed by atoms with Gasteiger partial charge in [-0.25, -0.2) is 4.79 Å². The van der Waals surface area contributed by atoms with Crippen LogP contribution in [0.1, 0.15) is 19.8 Å². The lowest BCUT2D eigenvalue weighted by Crippen LogP contribution is -2.35. The van der Waals surface area contributed by atoms with E-state index in [1.54, 1.807) is 24.3 Å². The van der Waals surface area contributed by atoms with Crippen LogP contribution in [0.4, 0.5) is 16.2 Å². The molecule has 1 aromatic carbocycles. The van der Waals surface area contributed by atoms with Crippen molar-refractivity contribution in [2.75, 3.05) is 23.4 Å². The third-order valence-corrected chi connectivity index (χ3v) is 3.12. The summed E-state index contributed by atoms with van der Waals surface area (Å²) in [4.78, 5) is 24.9. The minimum Gasteiger partial charge on any atom is -0.447 e. The van der Waals surface area contributed by atoms with Crippen LogP contribution in [0.5, 0.6) is 0 Å². The first-order chi connectivity index (χ1) is 9.61. The molecule has 1 aromatic rings. The van der Waals surface area contributed by atoms with Crippen LogP contribution in [0.3, 0.4) is 0 Å². The van der Waals surface area contributed by atoms with Crippen LogP contribution in [0, 0.1) is 0 Å². The number of amides is 2. The number of nitrogens with zero attached hydrogens (tertiary/aromatic N) is 1. The third-order valence-electron chi connectivity index (χ3n) is 3.12. The molecule has 1 heterocycles. The Labute approximate surface area is 117 Å². The smallest absolute Gasteiger partial charge is 0.414 e. The van der Waals surface area contributed by atoms with E-state index in [2.05, 4.69) is 5.32 Å². The van der Waals surface area contributed by atoms with Gasteiger partial charge in [0, 0.05) is 11.4 Å². The van der Waals surface area contributed by atoms with E-state index in [4.69, 9.17) is 10.5 Å². The average Bonchev–Trinajstić information content (AvgIpc) is 2.85. The van der Waals surface area contributed by atoms with Crippen molar-refractivity contribution in [1.82, 2.24) is 0 Å². The van der Waals surface area contributed by atoms with E-state index >= 15 is 0 Å². The Balaban J connectivity index is 2.06. The molecule has 0 spiro atoms. The highest BCUT2D eigenvalue weighted by Crippen LogP contribution is 2.22. The lowest BCUT2D eigenvalue weighted by molar-refractivity contribution is -0.117. The lowest BCUT2D eigenvalue weighted by atomic mass is 10.1. The van der Waals surface area contributed by atoms with Crippen molar-refractivity contribution in [1.29, 1.82) is 0 Å². The molecule has 20 heavy (non-hydrogen) atoms. The van der Waals surface area contributed by atoms with E-state index in [1.807, 2.05) is 6.92 Å². The summed E-state index contributed by atoms with van der Waals surface area (Å²) in [6.07, 6.45) is 1.13. The zero-order valence-electron chi connectivity index (χ0n) is 11.5. The number of carbonyl (C=O) groups excluding carboxylic acids is 2. The van der Waals surface area contributed by atoms with Gasteiger partial charge in [0.15, 0.2) is 0 Å². The summed E-state index contributed by atoms with van der Waals surface area (Å²) in [6.45, 7) is 2.88. The molecule has 2 rings (SSSR count). The van der Waals surface area contributed by atoms with E-state index in [9.17, 15) is 9.59 Å². The van der Waals surface area contributed by atoms with Crippen LogP contribution in [0.15, 0.2) is 24.3 Å². The van der Waals surface area contributed by atoms with Gasteiger partial charge < -0.3 is 15.8 Å². The van der Waals surface area contributed by atoms with Gasteiger partial charge in [-0.3, -0.25) is 9.69 Å². The zero-order valence-corrected chi connectivity index (χ0v) is 11.5. The second kappa shape index (κ2) is 6.38. The van der Waals surface area contributed by atoms with Crippen molar-refractivity contribution in [3.8, 4) is 0 Å². The van der Waals surface area contributed by atoms with Gasteiger partial charge in [0.05, 0.1) is 12.6 Å². The molecule has 1 fully saturated rings. The van der Waals surface area contributed by atoms with Crippen LogP contribution in [0.2, 0.25) is 0 Å². The number of ether oxygens (including phenoxy) is 1. The third kappa shape index (κ3) is 3.27. The topological polar surface area (TPSA) is 84.7 Å². The molecule has 3 N–H and O–H groups in total. The molecule has 0 unspecified atom stereocenters. The van der Waals surface area contributed by atoms with Crippen LogP contribution < -0.4 is 16.0 Å². The summed E-state index contributed by atoms with van der Waals surface area (Å²) in [5.74, 6) is -0.215. The number of anilines is 2. The zero-order chi connectivity index (χ0) is 14.5. The van der Waals surface area contributed by atoms with Crippen molar-refractivity contribution in [2.24, 2.45) is 5.73 Å². The molecule has 0 aromatic heterocycles. The summed E-state index contributed by atoms with van der Waals surface area (Å²) in [7, 11) is 0. The van der Waals surface area contributed by atoms with Crippen LogP contribution in [-0.4, -0.2) is 31.2 Å². The van der Waals surface area contributed by atoms with Gasteiger partial charge in [-0.05, 0) is 24.6 Å². The predicted octanol–water partition coefficient (Wildman–Crippen LogP) is 1.71. The van der Waals surface area contributed by atoms with Gasteiger partial charge >= 0.3 is 6.09 Å². The number of hydrogen-bond donors (Lipinski definition) is 2. The molecule has 108 valence electrons. The van der Waals surface area contributed by atoms with Gasteiger partial charge in [-0.1, -0.05) is 19.4 Å². The van der Waals surface area contributed by atoms with E-state index in [1.165, 1.54) is 4.90 Å². The molecule has 1 saturated heterocycles. The maximum Gasteiger partial charge on any atom is 0.414 e. The highest BCUT2D eigenvalue weighted by Gasteiger charge is 2.23. The number of carbonyl (C=O) groups is 2. The fourth-order valence-electron chi connectivity index (χ4n) is 2.06. The minimum absolute atomic E-state index is 0.215. The monoisotopic (exact) mass is 277 g/mol. The minimum atomic E-state index is -0.514. The molecule has 1 aliphatic heterocycles. The lowest BCUT2D eigenvalue weighted by Gasteiger charge is -2.15. The van der Waals surface area contributed by atoms with E-state index in [-0.39, 0.29) is 12.0 Å². The molecule has 0 radical (unpaired) electrons. The first-order valence-corrected chi connectivity index (χ1v) is 6.72. The molecule has 0 aliphatic carbocycles. The Morgan fingerprint density at radius 2 is 2.35 bits per heavy atom.